The average molecular weight is 619 g/mol. The predicted molar refractivity (Wildman–Crippen MR) is 181 cm³/mol. The number of thioether (sulfide) groups is 1. The van der Waals surface area contributed by atoms with Crippen molar-refractivity contribution in [3.63, 3.8) is 0 Å². The van der Waals surface area contributed by atoms with Gasteiger partial charge in [0.2, 0.25) is 0 Å². The van der Waals surface area contributed by atoms with Gasteiger partial charge in [0, 0.05) is 33.0 Å². The number of rotatable bonds is 10. The molecule has 0 bridgehead atoms. The molecule has 0 saturated carbocycles. The van der Waals surface area contributed by atoms with Gasteiger partial charge in [-0.05, 0) is 91.7 Å². The van der Waals surface area contributed by atoms with Gasteiger partial charge in [-0.15, -0.1) is 11.8 Å². The predicted octanol–water partition coefficient (Wildman–Crippen LogP) is 8.87. The summed E-state index contributed by atoms with van der Waals surface area (Å²) in [7, 11) is 0. The highest BCUT2D eigenvalue weighted by Crippen LogP contribution is 2.34. The third kappa shape index (κ3) is 6.49. The molecule has 0 fully saturated rings. The van der Waals surface area contributed by atoms with Gasteiger partial charge in [0.05, 0.1) is 29.3 Å². The maximum Gasteiger partial charge on any atom is 0.280 e. The van der Waals surface area contributed by atoms with Crippen molar-refractivity contribution in [1.29, 1.82) is 0 Å². The lowest BCUT2D eigenvalue weighted by Gasteiger charge is -2.11. The number of nitrogens with zero attached hydrogens (tertiary/aromatic N) is 4. The standard InChI is InChI=1S/C36H31ClN4O2S/c1-3-20-43-30-16-19-32(25(2)21-30)35-26(23-40(39-35)28-10-6-4-7-11-28)22-33-34(24-44-31-17-14-27(37)15-18-31)38-41(36(33)42)29-12-8-5-9-13-29/h4-19,21-23H,3,20,24H2,1-2H3/b33-22+. The second kappa shape index (κ2) is 13.4. The summed E-state index contributed by atoms with van der Waals surface area (Å²) in [4.78, 5) is 15.0. The van der Waals surface area contributed by atoms with E-state index >= 15 is 0 Å². The van der Waals surface area contributed by atoms with Crippen molar-refractivity contribution >= 4 is 46.7 Å². The zero-order valence-corrected chi connectivity index (χ0v) is 26.1. The Hall–Kier alpha value is -4.59. The van der Waals surface area contributed by atoms with Crippen LogP contribution in [0.5, 0.6) is 5.75 Å². The molecular weight excluding hydrogens is 588 g/mol. The minimum Gasteiger partial charge on any atom is -0.494 e. The van der Waals surface area contributed by atoms with Crippen LogP contribution in [0.25, 0.3) is 23.0 Å². The molecule has 220 valence electrons. The van der Waals surface area contributed by atoms with Crippen LogP contribution in [0.4, 0.5) is 5.69 Å². The van der Waals surface area contributed by atoms with Gasteiger partial charge < -0.3 is 4.74 Å². The lowest BCUT2D eigenvalue weighted by atomic mass is 10.00. The number of aromatic nitrogens is 2. The second-order valence-corrected chi connectivity index (χ2v) is 11.8. The molecule has 0 N–H and O–H groups in total. The number of halogens is 1. The number of benzene rings is 4. The van der Waals surface area contributed by atoms with Gasteiger partial charge in [0.25, 0.3) is 5.91 Å². The van der Waals surface area contributed by atoms with Gasteiger partial charge in [-0.2, -0.15) is 15.2 Å². The Balaban J connectivity index is 1.43. The summed E-state index contributed by atoms with van der Waals surface area (Å²) in [6.07, 6.45) is 4.84. The number of ether oxygens (including phenoxy) is 1. The Labute approximate surface area is 266 Å². The molecule has 8 heteroatoms. The van der Waals surface area contributed by atoms with Crippen LogP contribution in [0.15, 0.2) is 125 Å². The third-order valence-electron chi connectivity index (χ3n) is 7.13. The number of amides is 1. The van der Waals surface area contributed by atoms with E-state index < -0.39 is 0 Å². The first-order valence-electron chi connectivity index (χ1n) is 14.5. The van der Waals surface area contributed by atoms with Crippen LogP contribution in [0, 0.1) is 6.92 Å². The van der Waals surface area contributed by atoms with Crippen LogP contribution in [0.2, 0.25) is 5.02 Å². The Morgan fingerprint density at radius 3 is 2.30 bits per heavy atom. The minimum atomic E-state index is -0.179. The molecular formula is C36H31ClN4O2S. The molecule has 1 amide bonds. The Kier molecular flexibility index (Phi) is 8.96. The first-order valence-corrected chi connectivity index (χ1v) is 15.8. The number of anilines is 1. The van der Waals surface area contributed by atoms with Crippen molar-refractivity contribution in [3.05, 3.63) is 131 Å². The number of carbonyl (C=O) groups excluding carboxylic acids is 1. The van der Waals surface area contributed by atoms with Crippen molar-refractivity contribution in [3.8, 4) is 22.7 Å². The molecule has 4 aromatic carbocycles. The summed E-state index contributed by atoms with van der Waals surface area (Å²) in [5.74, 6) is 1.16. The Morgan fingerprint density at radius 2 is 1.61 bits per heavy atom. The van der Waals surface area contributed by atoms with Crippen LogP contribution < -0.4 is 9.75 Å². The fraction of sp³-hybridized carbons (Fsp3) is 0.139. The summed E-state index contributed by atoms with van der Waals surface area (Å²) >= 11 is 7.71. The summed E-state index contributed by atoms with van der Waals surface area (Å²) in [5, 5.41) is 12.0. The van der Waals surface area contributed by atoms with E-state index in [1.165, 1.54) is 5.01 Å². The van der Waals surface area contributed by atoms with Crippen LogP contribution in [-0.2, 0) is 4.79 Å². The first-order chi connectivity index (χ1) is 21.5. The SMILES string of the molecule is CCCOc1ccc(-c2nn(-c3ccccc3)cc2/C=C2/C(=O)N(c3ccccc3)N=C2CSc2ccc(Cl)cc2)c(C)c1. The molecule has 1 aromatic heterocycles. The van der Waals surface area contributed by atoms with Crippen molar-refractivity contribution in [2.75, 3.05) is 17.4 Å². The zero-order valence-electron chi connectivity index (χ0n) is 24.5. The van der Waals surface area contributed by atoms with Gasteiger partial charge in [-0.25, -0.2) is 4.68 Å². The van der Waals surface area contributed by atoms with E-state index in [1.54, 1.807) is 11.8 Å². The van der Waals surface area contributed by atoms with Crippen LogP contribution in [0.3, 0.4) is 0 Å². The lowest BCUT2D eigenvalue weighted by Crippen LogP contribution is -2.21. The van der Waals surface area contributed by atoms with Crippen molar-refractivity contribution in [1.82, 2.24) is 9.78 Å². The third-order valence-corrected chi connectivity index (χ3v) is 8.41. The van der Waals surface area contributed by atoms with Gasteiger partial charge in [0.15, 0.2) is 0 Å². The number of para-hydroxylation sites is 2. The molecule has 1 aliphatic heterocycles. The van der Waals surface area contributed by atoms with Crippen LogP contribution in [0.1, 0.15) is 24.5 Å². The van der Waals surface area contributed by atoms with Gasteiger partial charge in [0.1, 0.15) is 11.4 Å². The van der Waals surface area contributed by atoms with Gasteiger partial charge >= 0.3 is 0 Å². The maximum atomic E-state index is 14.0. The Bertz CT molecular complexity index is 1830. The van der Waals surface area contributed by atoms with E-state index in [-0.39, 0.29) is 5.91 Å². The molecule has 0 radical (unpaired) electrons. The van der Waals surface area contributed by atoms with E-state index in [9.17, 15) is 4.79 Å². The number of aryl methyl sites for hydroxylation is 1. The van der Waals surface area contributed by atoms with Crippen molar-refractivity contribution in [2.45, 2.75) is 25.2 Å². The molecule has 6 nitrogen and oxygen atoms in total. The quantitative estimate of drug-likeness (QED) is 0.116. The molecule has 1 aliphatic rings. The molecule has 0 unspecified atom stereocenters. The largest absolute Gasteiger partial charge is 0.494 e. The van der Waals surface area contributed by atoms with E-state index in [1.807, 2.05) is 120 Å². The molecule has 2 heterocycles. The van der Waals surface area contributed by atoms with Crippen LogP contribution >= 0.6 is 23.4 Å². The Morgan fingerprint density at radius 1 is 0.909 bits per heavy atom. The first kappa shape index (κ1) is 29.5. The minimum absolute atomic E-state index is 0.179. The van der Waals surface area contributed by atoms with Gasteiger partial charge in [-0.1, -0.05) is 54.9 Å². The van der Waals surface area contributed by atoms with E-state index in [0.29, 0.717) is 34.4 Å². The van der Waals surface area contributed by atoms with E-state index in [4.69, 9.17) is 26.5 Å². The number of hydrogen-bond donors (Lipinski definition) is 0. The monoisotopic (exact) mass is 618 g/mol. The number of hydrogen-bond acceptors (Lipinski definition) is 5. The molecule has 44 heavy (non-hydrogen) atoms. The zero-order chi connectivity index (χ0) is 30.5. The summed E-state index contributed by atoms with van der Waals surface area (Å²) in [6, 6.07) is 33.2. The van der Waals surface area contributed by atoms with Crippen molar-refractivity contribution < 1.29 is 9.53 Å². The molecule has 0 spiro atoms. The molecule has 5 aromatic rings. The highest BCUT2D eigenvalue weighted by atomic mass is 35.5. The molecule has 0 atom stereocenters. The normalized spacial score (nSPS) is 13.9. The molecule has 0 saturated heterocycles. The molecule has 6 rings (SSSR count). The van der Waals surface area contributed by atoms with Gasteiger partial charge in [-0.3, -0.25) is 4.79 Å². The van der Waals surface area contributed by atoms with E-state index in [2.05, 4.69) is 13.8 Å². The fourth-order valence-electron chi connectivity index (χ4n) is 4.92. The lowest BCUT2D eigenvalue weighted by molar-refractivity contribution is -0.114. The summed E-state index contributed by atoms with van der Waals surface area (Å²) in [6.45, 7) is 4.81. The topological polar surface area (TPSA) is 59.7 Å². The average Bonchev–Trinajstić information content (AvgIpc) is 3.61. The second-order valence-electron chi connectivity index (χ2n) is 10.3. The summed E-state index contributed by atoms with van der Waals surface area (Å²) in [5.41, 5.74) is 6.46. The van der Waals surface area contributed by atoms with Crippen molar-refractivity contribution in [2.24, 2.45) is 5.10 Å². The van der Waals surface area contributed by atoms with E-state index in [0.717, 1.165) is 45.1 Å². The summed E-state index contributed by atoms with van der Waals surface area (Å²) < 4.78 is 7.74. The maximum absolute atomic E-state index is 14.0. The number of hydrazone groups is 1. The fourth-order valence-corrected chi connectivity index (χ4v) is 5.89. The highest BCUT2D eigenvalue weighted by Gasteiger charge is 2.32. The molecule has 0 aliphatic carbocycles. The smallest absolute Gasteiger partial charge is 0.280 e. The number of carbonyl (C=O) groups is 1. The highest BCUT2D eigenvalue weighted by molar-refractivity contribution is 8.00. The van der Waals surface area contributed by atoms with Crippen LogP contribution in [-0.4, -0.2) is 33.8 Å².